The molecule has 2 aromatic carbocycles. The zero-order chi connectivity index (χ0) is 30.6. The van der Waals surface area contributed by atoms with Crippen molar-refractivity contribution in [2.45, 2.75) is 50.0 Å². The average Bonchev–Trinajstić information content (AvgIpc) is 3.24. The molecule has 0 saturated carbocycles. The number of hydrogen-bond acceptors (Lipinski definition) is 8. The normalized spacial score (nSPS) is 23.2. The van der Waals surface area contributed by atoms with E-state index in [2.05, 4.69) is 5.48 Å². The molecule has 11 nitrogen and oxygen atoms in total. The van der Waals surface area contributed by atoms with Crippen LogP contribution in [0.2, 0.25) is 5.02 Å². The summed E-state index contributed by atoms with van der Waals surface area (Å²) in [6.07, 6.45) is 1.49. The van der Waals surface area contributed by atoms with Crippen molar-refractivity contribution in [3.8, 4) is 11.5 Å². The Morgan fingerprint density at radius 2 is 1.84 bits per heavy atom. The van der Waals surface area contributed by atoms with Gasteiger partial charge in [0.1, 0.15) is 17.9 Å². The van der Waals surface area contributed by atoms with Gasteiger partial charge in [0, 0.05) is 37.3 Å². The predicted molar refractivity (Wildman–Crippen MR) is 147 cm³/mol. The van der Waals surface area contributed by atoms with Gasteiger partial charge in [-0.05, 0) is 62.1 Å². The van der Waals surface area contributed by atoms with Crippen molar-refractivity contribution in [1.82, 2.24) is 15.3 Å². The summed E-state index contributed by atoms with van der Waals surface area (Å²) < 4.78 is 51.4. The third kappa shape index (κ3) is 6.69. The summed E-state index contributed by atoms with van der Waals surface area (Å²) in [7, 11) is 1.47. The number of amides is 3. The van der Waals surface area contributed by atoms with Crippen molar-refractivity contribution in [2.75, 3.05) is 40.0 Å². The first-order chi connectivity index (χ1) is 20.7. The summed E-state index contributed by atoms with van der Waals surface area (Å²) >= 11 is 5.86. The number of carbonyl (C=O) groups is 3. The number of halogens is 3. The van der Waals surface area contributed by atoms with Crippen LogP contribution in [0.5, 0.6) is 11.5 Å². The molecule has 3 aliphatic heterocycles. The highest BCUT2D eigenvalue weighted by Crippen LogP contribution is 2.41. The molecule has 5 rings (SSSR count). The van der Waals surface area contributed by atoms with Crippen molar-refractivity contribution >= 4 is 29.5 Å². The molecule has 3 aliphatic rings. The molecular weight excluding hydrogens is 592 g/mol. The van der Waals surface area contributed by atoms with Crippen LogP contribution in [-0.4, -0.2) is 85.6 Å². The average molecular weight is 624 g/mol. The fourth-order valence-corrected chi connectivity index (χ4v) is 5.75. The Kier molecular flexibility index (Phi) is 9.65. The van der Waals surface area contributed by atoms with Gasteiger partial charge in [-0.2, -0.15) is 0 Å². The monoisotopic (exact) mass is 623 g/mol. The lowest BCUT2D eigenvalue weighted by Crippen LogP contribution is -2.69. The van der Waals surface area contributed by atoms with Crippen molar-refractivity contribution in [2.24, 2.45) is 0 Å². The van der Waals surface area contributed by atoms with E-state index in [0.29, 0.717) is 24.5 Å². The predicted octanol–water partition coefficient (Wildman–Crippen LogP) is 4.43. The lowest BCUT2D eigenvalue weighted by molar-refractivity contribution is -0.205. The molecule has 0 spiro atoms. The van der Waals surface area contributed by atoms with Gasteiger partial charge in [0.25, 0.3) is 11.8 Å². The van der Waals surface area contributed by atoms with Gasteiger partial charge in [0.2, 0.25) is 0 Å². The molecular formula is C29H32ClF2N3O8. The summed E-state index contributed by atoms with van der Waals surface area (Å²) in [5.41, 5.74) is 0.497. The smallest absolute Gasteiger partial charge is 0.410 e. The third-order valence-electron chi connectivity index (χ3n) is 7.71. The SMILES string of the molecule is COCCOC(=O)N1CC2CCC(C(=O)NOC3CCCCO3)(C1)N2C(=O)c1cc(F)c(Oc2ccc(Cl)cc2)c(F)c1. The van der Waals surface area contributed by atoms with E-state index in [1.165, 1.54) is 41.2 Å². The van der Waals surface area contributed by atoms with Crippen molar-refractivity contribution < 1.29 is 46.9 Å². The van der Waals surface area contributed by atoms with Crippen molar-refractivity contribution in [3.63, 3.8) is 0 Å². The third-order valence-corrected chi connectivity index (χ3v) is 7.97. The maximum atomic E-state index is 15.2. The quantitative estimate of drug-likeness (QED) is 0.322. The summed E-state index contributed by atoms with van der Waals surface area (Å²) in [5.74, 6) is -4.24. The number of nitrogens with zero attached hydrogens (tertiary/aromatic N) is 2. The van der Waals surface area contributed by atoms with Crippen LogP contribution in [0, 0.1) is 11.6 Å². The topological polar surface area (TPSA) is 116 Å². The second kappa shape index (κ2) is 13.4. The number of carbonyl (C=O) groups excluding carboxylic acids is 3. The van der Waals surface area contributed by atoms with E-state index in [4.69, 9.17) is 35.4 Å². The maximum Gasteiger partial charge on any atom is 0.410 e. The van der Waals surface area contributed by atoms with Gasteiger partial charge in [-0.1, -0.05) is 11.6 Å². The number of piperazine rings is 1. The first-order valence-corrected chi connectivity index (χ1v) is 14.3. The number of methoxy groups -OCH3 is 1. The van der Waals surface area contributed by atoms with Crippen LogP contribution >= 0.6 is 11.6 Å². The Balaban J connectivity index is 1.40. The first-order valence-electron chi connectivity index (χ1n) is 14.0. The lowest BCUT2D eigenvalue weighted by atomic mass is 9.93. The first kappa shape index (κ1) is 30.9. The molecule has 0 aliphatic carbocycles. The van der Waals surface area contributed by atoms with Crippen LogP contribution < -0.4 is 10.2 Å². The molecule has 0 aromatic heterocycles. The molecule has 43 heavy (non-hydrogen) atoms. The number of fused-ring (bicyclic) bond motifs is 2. The summed E-state index contributed by atoms with van der Waals surface area (Å²) in [5, 5.41) is 0.418. The summed E-state index contributed by atoms with van der Waals surface area (Å²) in [6.45, 7) is 0.507. The number of likely N-dealkylation sites (tertiary alicyclic amines) is 1. The highest BCUT2D eigenvalue weighted by molar-refractivity contribution is 6.30. The van der Waals surface area contributed by atoms with Crippen molar-refractivity contribution in [1.29, 1.82) is 0 Å². The number of nitrogens with one attached hydrogen (secondary N) is 1. The minimum Gasteiger partial charge on any atom is -0.451 e. The Morgan fingerprint density at radius 3 is 2.51 bits per heavy atom. The van der Waals surface area contributed by atoms with Gasteiger partial charge in [-0.3, -0.25) is 9.59 Å². The van der Waals surface area contributed by atoms with E-state index in [0.717, 1.165) is 25.0 Å². The van der Waals surface area contributed by atoms with Gasteiger partial charge in [-0.25, -0.2) is 23.9 Å². The van der Waals surface area contributed by atoms with Gasteiger partial charge < -0.3 is 28.7 Å². The number of hydrogen-bond donors (Lipinski definition) is 1. The Hall–Kier alpha value is -3.52. The fraction of sp³-hybridized carbons (Fsp3) is 0.483. The van der Waals surface area contributed by atoms with E-state index in [1.54, 1.807) is 0 Å². The van der Waals surface area contributed by atoms with E-state index in [-0.39, 0.29) is 44.0 Å². The van der Waals surface area contributed by atoms with Crippen molar-refractivity contribution in [3.05, 3.63) is 58.6 Å². The van der Waals surface area contributed by atoms with Crippen LogP contribution in [0.4, 0.5) is 13.6 Å². The Morgan fingerprint density at radius 1 is 1.09 bits per heavy atom. The molecule has 3 heterocycles. The van der Waals surface area contributed by atoms with Crippen LogP contribution in [0.1, 0.15) is 42.5 Å². The van der Waals surface area contributed by atoms with Crippen LogP contribution in [0.25, 0.3) is 0 Å². The minimum atomic E-state index is -1.60. The maximum absolute atomic E-state index is 15.2. The standard InChI is InChI=1S/C29H32ClF2N3O8/c1-39-12-13-41-28(38)34-16-20-9-10-29(17-34,27(37)33-43-24-4-2-3-11-40-24)35(20)26(36)18-14-22(31)25(23(32)15-18)42-21-7-5-19(30)6-8-21/h5-8,14-15,20,24H,2-4,9-13,16-17H2,1H3,(H,33,37). The molecule has 3 atom stereocenters. The van der Waals surface area contributed by atoms with E-state index < -0.39 is 53.2 Å². The molecule has 2 bridgehead atoms. The minimum absolute atomic E-state index is 0.00344. The molecule has 3 amide bonds. The fourth-order valence-electron chi connectivity index (χ4n) is 5.62. The van der Waals surface area contributed by atoms with Crippen LogP contribution in [0.3, 0.4) is 0 Å². The summed E-state index contributed by atoms with van der Waals surface area (Å²) in [4.78, 5) is 48.7. The van der Waals surface area contributed by atoms with Gasteiger partial charge in [0.15, 0.2) is 23.7 Å². The number of benzene rings is 2. The number of hydroxylamine groups is 1. The molecule has 2 aromatic rings. The molecule has 3 unspecified atom stereocenters. The molecule has 3 fully saturated rings. The number of ether oxygens (including phenoxy) is 4. The van der Waals surface area contributed by atoms with Gasteiger partial charge in [-0.15, -0.1) is 0 Å². The van der Waals surface area contributed by atoms with E-state index in [9.17, 15) is 14.4 Å². The number of rotatable bonds is 9. The van der Waals surface area contributed by atoms with Crippen LogP contribution in [0.15, 0.2) is 36.4 Å². The Labute approximate surface area is 251 Å². The molecule has 1 N–H and O–H groups in total. The lowest BCUT2D eigenvalue weighted by Gasteiger charge is -2.47. The van der Waals surface area contributed by atoms with Crippen LogP contribution in [-0.2, 0) is 23.8 Å². The Bertz CT molecular complexity index is 1320. The largest absolute Gasteiger partial charge is 0.451 e. The van der Waals surface area contributed by atoms with E-state index >= 15 is 8.78 Å². The molecule has 0 radical (unpaired) electrons. The zero-order valence-electron chi connectivity index (χ0n) is 23.5. The molecule has 14 heteroatoms. The molecule has 232 valence electrons. The highest BCUT2D eigenvalue weighted by Gasteiger charge is 2.59. The van der Waals surface area contributed by atoms with Gasteiger partial charge >= 0.3 is 6.09 Å². The second-order valence-electron chi connectivity index (χ2n) is 10.6. The zero-order valence-corrected chi connectivity index (χ0v) is 24.2. The van der Waals surface area contributed by atoms with E-state index in [1.807, 2.05) is 0 Å². The molecule has 3 saturated heterocycles. The second-order valence-corrected chi connectivity index (χ2v) is 11.0. The highest BCUT2D eigenvalue weighted by atomic mass is 35.5. The van der Waals surface area contributed by atoms with Gasteiger partial charge in [0.05, 0.1) is 19.2 Å². The summed E-state index contributed by atoms with van der Waals surface area (Å²) in [6, 6.07) is 6.98.